The predicted molar refractivity (Wildman–Crippen MR) is 37.9 cm³/mol. The Bertz CT molecular complexity index is 128. The lowest BCUT2D eigenvalue weighted by atomic mass is 9.87. The number of aldehydes is 1. The van der Waals surface area contributed by atoms with Gasteiger partial charge in [0, 0.05) is 12.8 Å². The highest BCUT2D eigenvalue weighted by Crippen LogP contribution is 2.22. The van der Waals surface area contributed by atoms with Crippen LogP contribution in [-0.2, 0) is 4.79 Å². The van der Waals surface area contributed by atoms with Gasteiger partial charge in [0.05, 0.1) is 0 Å². The van der Waals surface area contributed by atoms with Crippen LogP contribution in [-0.4, -0.2) is 6.29 Å². The van der Waals surface area contributed by atoms with Gasteiger partial charge in [-0.3, -0.25) is 0 Å². The molecule has 0 saturated heterocycles. The second-order valence-corrected chi connectivity index (χ2v) is 2.92. The molecule has 0 aliphatic rings. The average Bonchev–Trinajstić information content (AvgIpc) is 1.64. The zero-order chi connectivity index (χ0) is 7.33. The molecule has 0 aromatic carbocycles. The highest BCUT2D eigenvalue weighted by Gasteiger charge is 2.14. The molecule has 1 nitrogen and oxygen atoms in total. The van der Waals surface area contributed by atoms with E-state index in [0.717, 1.165) is 6.29 Å². The number of carbonyl (C=O) groups is 1. The van der Waals surface area contributed by atoms with Crippen LogP contribution >= 0.6 is 0 Å². The quantitative estimate of drug-likeness (QED) is 0.413. The number of terminal acetylenes is 1. The summed E-state index contributed by atoms with van der Waals surface area (Å²) in [5.74, 6) is 2.53. The van der Waals surface area contributed by atoms with E-state index in [9.17, 15) is 4.79 Å². The maximum Gasteiger partial charge on any atom is 0.120 e. The molecular weight excluding hydrogens is 112 g/mol. The number of hydrogen-bond donors (Lipinski definition) is 0. The zero-order valence-corrected chi connectivity index (χ0v) is 5.98. The molecule has 0 saturated carbocycles. The van der Waals surface area contributed by atoms with Crippen LogP contribution < -0.4 is 0 Å². The van der Waals surface area contributed by atoms with Gasteiger partial charge in [-0.25, -0.2) is 0 Å². The standard InChI is InChI=1S/C8H12O/c1-4-5-8(2,3)6-7-9/h1,7H,5-6H2,2-3H3. The van der Waals surface area contributed by atoms with Crippen molar-refractivity contribution in [1.82, 2.24) is 0 Å². The first-order valence-electron chi connectivity index (χ1n) is 2.99. The van der Waals surface area contributed by atoms with Gasteiger partial charge >= 0.3 is 0 Å². The van der Waals surface area contributed by atoms with Gasteiger partial charge in [0.1, 0.15) is 6.29 Å². The minimum atomic E-state index is -0.00347. The lowest BCUT2D eigenvalue weighted by Crippen LogP contribution is -2.10. The molecule has 0 bridgehead atoms. The molecule has 1 heteroatoms. The Labute approximate surface area is 56.5 Å². The van der Waals surface area contributed by atoms with Crippen molar-refractivity contribution in [2.75, 3.05) is 0 Å². The fourth-order valence-electron chi connectivity index (χ4n) is 0.574. The van der Waals surface area contributed by atoms with E-state index >= 15 is 0 Å². The molecule has 0 rings (SSSR count). The molecule has 0 spiro atoms. The molecule has 0 N–H and O–H groups in total. The second-order valence-electron chi connectivity index (χ2n) is 2.92. The molecule has 0 aromatic rings. The molecule has 50 valence electrons. The van der Waals surface area contributed by atoms with Gasteiger partial charge in [0.25, 0.3) is 0 Å². The Hall–Kier alpha value is -0.770. The normalized spacial score (nSPS) is 10.3. The first-order valence-corrected chi connectivity index (χ1v) is 2.99. The van der Waals surface area contributed by atoms with Crippen molar-refractivity contribution < 1.29 is 4.79 Å². The van der Waals surface area contributed by atoms with E-state index in [4.69, 9.17) is 6.42 Å². The maximum atomic E-state index is 10.0. The smallest absolute Gasteiger partial charge is 0.120 e. The summed E-state index contributed by atoms with van der Waals surface area (Å²) in [6.07, 6.45) is 7.22. The van der Waals surface area contributed by atoms with E-state index in [1.165, 1.54) is 0 Å². The van der Waals surface area contributed by atoms with Crippen LogP contribution in [0.25, 0.3) is 0 Å². The van der Waals surface area contributed by atoms with Crippen LogP contribution in [0.5, 0.6) is 0 Å². The highest BCUT2D eigenvalue weighted by atomic mass is 16.1. The van der Waals surface area contributed by atoms with Gasteiger partial charge in [0.15, 0.2) is 0 Å². The molecular formula is C8H12O. The molecule has 0 aliphatic heterocycles. The molecule has 0 radical (unpaired) electrons. The van der Waals surface area contributed by atoms with Crippen molar-refractivity contribution in [3.63, 3.8) is 0 Å². The summed E-state index contributed by atoms with van der Waals surface area (Å²) in [6.45, 7) is 3.97. The second kappa shape index (κ2) is 3.29. The minimum absolute atomic E-state index is 0.00347. The van der Waals surface area contributed by atoms with Gasteiger partial charge < -0.3 is 4.79 Å². The van der Waals surface area contributed by atoms with Gasteiger partial charge in [-0.1, -0.05) is 13.8 Å². The van der Waals surface area contributed by atoms with E-state index in [2.05, 4.69) is 5.92 Å². The van der Waals surface area contributed by atoms with Gasteiger partial charge in [-0.15, -0.1) is 12.3 Å². The maximum absolute atomic E-state index is 10.0. The molecule has 0 aromatic heterocycles. The van der Waals surface area contributed by atoms with Crippen LogP contribution in [0, 0.1) is 17.8 Å². The summed E-state index contributed by atoms with van der Waals surface area (Å²) in [6, 6.07) is 0. The summed E-state index contributed by atoms with van der Waals surface area (Å²) in [5, 5.41) is 0. The van der Waals surface area contributed by atoms with Crippen molar-refractivity contribution >= 4 is 6.29 Å². The molecule has 0 aliphatic carbocycles. The van der Waals surface area contributed by atoms with Crippen LogP contribution in [0.15, 0.2) is 0 Å². The summed E-state index contributed by atoms with van der Waals surface area (Å²) < 4.78 is 0. The fourth-order valence-corrected chi connectivity index (χ4v) is 0.574. The Balaban J connectivity index is 3.73. The van der Waals surface area contributed by atoms with E-state index in [-0.39, 0.29) is 5.41 Å². The highest BCUT2D eigenvalue weighted by molar-refractivity contribution is 5.50. The third-order valence-electron chi connectivity index (χ3n) is 1.22. The number of rotatable bonds is 3. The molecule has 0 heterocycles. The van der Waals surface area contributed by atoms with Crippen molar-refractivity contribution in [3.8, 4) is 12.3 Å². The van der Waals surface area contributed by atoms with E-state index < -0.39 is 0 Å². The van der Waals surface area contributed by atoms with Crippen LogP contribution in [0.1, 0.15) is 26.7 Å². The Morgan fingerprint density at radius 3 is 2.56 bits per heavy atom. The zero-order valence-electron chi connectivity index (χ0n) is 5.98. The Morgan fingerprint density at radius 2 is 2.22 bits per heavy atom. The third-order valence-corrected chi connectivity index (χ3v) is 1.22. The average molecular weight is 124 g/mol. The van der Waals surface area contributed by atoms with Crippen LogP contribution in [0.4, 0.5) is 0 Å². The largest absolute Gasteiger partial charge is 0.303 e. The Kier molecular flexibility index (Phi) is 3.01. The number of carbonyl (C=O) groups excluding carboxylic acids is 1. The first kappa shape index (κ1) is 8.23. The predicted octanol–water partition coefficient (Wildman–Crippen LogP) is 1.62. The third kappa shape index (κ3) is 3.78. The van der Waals surface area contributed by atoms with E-state index in [1.807, 2.05) is 13.8 Å². The molecule has 9 heavy (non-hydrogen) atoms. The van der Waals surface area contributed by atoms with Crippen molar-refractivity contribution in [2.45, 2.75) is 26.7 Å². The van der Waals surface area contributed by atoms with Crippen LogP contribution in [0.2, 0.25) is 0 Å². The van der Waals surface area contributed by atoms with Crippen molar-refractivity contribution in [3.05, 3.63) is 0 Å². The SMILES string of the molecule is C#CCC(C)(C)CC=O. The summed E-state index contributed by atoms with van der Waals surface area (Å²) >= 11 is 0. The molecule has 0 atom stereocenters. The van der Waals surface area contributed by atoms with Gasteiger partial charge in [0.2, 0.25) is 0 Å². The van der Waals surface area contributed by atoms with E-state index in [0.29, 0.717) is 12.8 Å². The summed E-state index contributed by atoms with van der Waals surface area (Å²) in [5.41, 5.74) is -0.00347. The first-order chi connectivity index (χ1) is 4.12. The number of hydrogen-bond acceptors (Lipinski definition) is 1. The minimum Gasteiger partial charge on any atom is -0.303 e. The Morgan fingerprint density at radius 1 is 1.67 bits per heavy atom. The fraction of sp³-hybridized carbons (Fsp3) is 0.625. The van der Waals surface area contributed by atoms with Crippen LogP contribution in [0.3, 0.4) is 0 Å². The summed E-state index contributed by atoms with van der Waals surface area (Å²) in [4.78, 5) is 10.0. The van der Waals surface area contributed by atoms with Gasteiger partial charge in [-0.05, 0) is 5.41 Å². The lowest BCUT2D eigenvalue weighted by molar-refractivity contribution is -0.109. The van der Waals surface area contributed by atoms with Crippen molar-refractivity contribution in [1.29, 1.82) is 0 Å². The topological polar surface area (TPSA) is 17.1 Å². The molecule has 0 unspecified atom stereocenters. The molecule has 0 amide bonds. The lowest BCUT2D eigenvalue weighted by Gasteiger charge is -2.17. The summed E-state index contributed by atoms with van der Waals surface area (Å²) in [7, 11) is 0. The van der Waals surface area contributed by atoms with Crippen molar-refractivity contribution in [2.24, 2.45) is 5.41 Å². The van der Waals surface area contributed by atoms with E-state index in [1.54, 1.807) is 0 Å². The monoisotopic (exact) mass is 124 g/mol. The molecule has 0 fully saturated rings. The van der Waals surface area contributed by atoms with Gasteiger partial charge in [-0.2, -0.15) is 0 Å².